The fourth-order valence-corrected chi connectivity index (χ4v) is 6.98. The smallest absolute Gasteiger partial charge is 0.142 e. The van der Waals surface area contributed by atoms with Crippen molar-refractivity contribution >= 4 is 5.69 Å². The number of aliphatic hydroxyl groups excluding tert-OH is 1. The van der Waals surface area contributed by atoms with Crippen LogP contribution in [0.1, 0.15) is 57.4 Å². The van der Waals surface area contributed by atoms with Crippen LogP contribution >= 0.6 is 0 Å². The lowest BCUT2D eigenvalue weighted by molar-refractivity contribution is 0.107. The molecule has 0 amide bonds. The molecule has 0 spiro atoms. The van der Waals surface area contributed by atoms with Crippen LogP contribution in [0.15, 0.2) is 188 Å². The maximum absolute atomic E-state index is 11.7. The number of hydrogen-bond acceptors (Lipinski definition) is 6. The summed E-state index contributed by atoms with van der Waals surface area (Å²) in [5, 5.41) is 11.7. The predicted octanol–water partition coefficient (Wildman–Crippen LogP) is 10.8. The van der Waals surface area contributed by atoms with E-state index in [1.165, 1.54) is 16.7 Å². The molecule has 57 heavy (non-hydrogen) atoms. The summed E-state index contributed by atoms with van der Waals surface area (Å²) >= 11 is 0. The average molecular weight is 755 g/mol. The molecule has 0 saturated carbocycles. The molecular formula is C51H50N2O4. The highest BCUT2D eigenvalue weighted by Crippen LogP contribution is 2.33. The Morgan fingerprint density at radius 2 is 0.895 bits per heavy atom. The number of nitrogens with two attached hydrogens (primary N) is 1. The molecule has 6 heteroatoms. The first kappa shape index (κ1) is 38.9. The summed E-state index contributed by atoms with van der Waals surface area (Å²) in [6.07, 6.45) is 0.0716. The molecule has 0 aliphatic rings. The molecule has 6 nitrogen and oxygen atoms in total. The molecule has 0 bridgehead atoms. The van der Waals surface area contributed by atoms with Crippen molar-refractivity contribution in [3.05, 3.63) is 227 Å². The molecule has 1 atom stereocenters. The zero-order valence-corrected chi connectivity index (χ0v) is 32.2. The number of nitrogens with zero attached hydrogens (tertiary/aromatic N) is 1. The van der Waals surface area contributed by atoms with Gasteiger partial charge < -0.3 is 25.1 Å². The third-order valence-corrected chi connectivity index (χ3v) is 10.1. The highest BCUT2D eigenvalue weighted by Gasteiger charge is 2.20. The third-order valence-electron chi connectivity index (χ3n) is 10.1. The molecule has 288 valence electrons. The molecule has 7 aromatic carbocycles. The van der Waals surface area contributed by atoms with Crippen LogP contribution in [0.4, 0.5) is 5.69 Å². The number of rotatable bonds is 19. The van der Waals surface area contributed by atoms with Crippen molar-refractivity contribution in [2.45, 2.75) is 44.8 Å². The Balaban J connectivity index is 1.08. The van der Waals surface area contributed by atoms with E-state index in [4.69, 9.17) is 19.9 Å². The summed E-state index contributed by atoms with van der Waals surface area (Å²) in [7, 11) is 0. The van der Waals surface area contributed by atoms with Crippen molar-refractivity contribution in [2.24, 2.45) is 0 Å². The molecule has 0 saturated heterocycles. The first-order chi connectivity index (χ1) is 28.1. The Morgan fingerprint density at radius 1 is 0.474 bits per heavy atom. The topological polar surface area (TPSA) is 77.2 Å². The molecule has 7 aromatic rings. The van der Waals surface area contributed by atoms with Gasteiger partial charge in [0.2, 0.25) is 0 Å². The largest absolute Gasteiger partial charge is 0.489 e. The fraction of sp³-hybridized carbons (Fsp3) is 0.176. The highest BCUT2D eigenvalue weighted by atomic mass is 16.5. The van der Waals surface area contributed by atoms with Crippen molar-refractivity contribution < 1.29 is 19.3 Å². The lowest BCUT2D eigenvalue weighted by Crippen LogP contribution is -2.30. The summed E-state index contributed by atoms with van der Waals surface area (Å²) in [5.74, 6) is 2.35. The van der Waals surface area contributed by atoms with Crippen LogP contribution in [-0.2, 0) is 26.4 Å². The van der Waals surface area contributed by atoms with Gasteiger partial charge in [0.1, 0.15) is 37.1 Å². The van der Waals surface area contributed by atoms with Gasteiger partial charge in [-0.2, -0.15) is 0 Å². The van der Waals surface area contributed by atoms with E-state index in [0.717, 1.165) is 46.7 Å². The van der Waals surface area contributed by atoms with Crippen molar-refractivity contribution in [2.75, 3.05) is 18.8 Å². The van der Waals surface area contributed by atoms with Gasteiger partial charge in [-0.25, -0.2) is 0 Å². The van der Waals surface area contributed by atoms with Crippen molar-refractivity contribution in [3.8, 4) is 17.2 Å². The van der Waals surface area contributed by atoms with Crippen LogP contribution in [0.5, 0.6) is 17.2 Å². The van der Waals surface area contributed by atoms with Crippen LogP contribution in [-0.4, -0.2) is 23.1 Å². The molecule has 7 rings (SSSR count). The van der Waals surface area contributed by atoms with Gasteiger partial charge in [-0.1, -0.05) is 152 Å². The standard InChI is InChI=1S/C51H50N2O4/c52-49-33-45(25-30-51(49)57-38-42-19-11-4-12-20-42)50(54)35-53(34-39-13-5-1-6-14-39)32-31-48(43-21-26-46(27-22-43)55-36-40-15-7-2-8-16-40)44-23-28-47(29-24-44)56-37-41-17-9-3-10-18-41/h1-30,33,48,50,54H,31-32,34-38,52H2/t50-/m0/s1. The second-order valence-corrected chi connectivity index (χ2v) is 14.3. The molecule has 0 radical (unpaired) electrons. The van der Waals surface area contributed by atoms with Crippen molar-refractivity contribution in [1.82, 2.24) is 4.90 Å². The predicted molar refractivity (Wildman–Crippen MR) is 229 cm³/mol. The van der Waals surface area contributed by atoms with E-state index in [-0.39, 0.29) is 5.92 Å². The zero-order chi connectivity index (χ0) is 39.1. The van der Waals surface area contributed by atoms with Gasteiger partial charge in [-0.3, -0.25) is 4.90 Å². The van der Waals surface area contributed by atoms with Crippen LogP contribution in [0.25, 0.3) is 0 Å². The second kappa shape index (κ2) is 20.0. The van der Waals surface area contributed by atoms with E-state index in [1.807, 2.05) is 91.0 Å². The molecule has 3 N–H and O–H groups in total. The molecular weight excluding hydrogens is 705 g/mol. The summed E-state index contributed by atoms with van der Waals surface area (Å²) in [6, 6.07) is 63.4. The minimum absolute atomic E-state index is 0.0865. The van der Waals surface area contributed by atoms with Crippen LogP contribution in [0, 0.1) is 0 Å². The van der Waals surface area contributed by atoms with Gasteiger partial charge in [-0.05, 0) is 88.3 Å². The van der Waals surface area contributed by atoms with E-state index >= 15 is 0 Å². The van der Waals surface area contributed by atoms with E-state index in [2.05, 4.69) is 102 Å². The quantitative estimate of drug-likeness (QED) is 0.0801. The lowest BCUT2D eigenvalue weighted by Gasteiger charge is -2.28. The number of ether oxygens (including phenoxy) is 3. The molecule has 0 heterocycles. The van der Waals surface area contributed by atoms with Gasteiger partial charge >= 0.3 is 0 Å². The Kier molecular flexibility index (Phi) is 13.7. The normalized spacial score (nSPS) is 11.7. The summed E-state index contributed by atoms with van der Waals surface area (Å²) < 4.78 is 18.3. The van der Waals surface area contributed by atoms with Gasteiger partial charge in [0.15, 0.2) is 0 Å². The molecule has 0 unspecified atom stereocenters. The SMILES string of the molecule is Nc1cc([C@@H](O)CN(CCC(c2ccc(OCc3ccccc3)cc2)c2ccc(OCc3ccccc3)cc2)Cc2ccccc2)ccc1OCc1ccccc1. The summed E-state index contributed by atoms with van der Waals surface area (Å²) in [5.41, 5.74) is 14.6. The van der Waals surface area contributed by atoms with Crippen LogP contribution in [0.3, 0.4) is 0 Å². The van der Waals surface area contributed by atoms with Gasteiger partial charge in [0.05, 0.1) is 11.8 Å². The number of nitrogen functional groups attached to an aromatic ring is 1. The Bertz CT molecular complexity index is 2130. The first-order valence-electron chi connectivity index (χ1n) is 19.6. The van der Waals surface area contributed by atoms with Gasteiger partial charge in [0, 0.05) is 19.0 Å². The number of aliphatic hydroxyl groups is 1. The van der Waals surface area contributed by atoms with E-state index < -0.39 is 6.10 Å². The Morgan fingerprint density at radius 3 is 1.35 bits per heavy atom. The fourth-order valence-electron chi connectivity index (χ4n) is 6.98. The van der Waals surface area contributed by atoms with Crippen molar-refractivity contribution in [1.29, 1.82) is 0 Å². The van der Waals surface area contributed by atoms with Gasteiger partial charge in [0.25, 0.3) is 0 Å². The second-order valence-electron chi connectivity index (χ2n) is 14.3. The number of hydrogen-bond donors (Lipinski definition) is 2. The summed E-state index contributed by atoms with van der Waals surface area (Å²) in [6.45, 7) is 3.31. The van der Waals surface area contributed by atoms with E-state index in [9.17, 15) is 5.11 Å². The van der Waals surface area contributed by atoms with E-state index in [0.29, 0.717) is 44.3 Å². The monoisotopic (exact) mass is 754 g/mol. The third kappa shape index (κ3) is 11.6. The molecule has 0 fully saturated rings. The van der Waals surface area contributed by atoms with Crippen LogP contribution in [0.2, 0.25) is 0 Å². The highest BCUT2D eigenvalue weighted by molar-refractivity contribution is 5.54. The Labute approximate surface area is 336 Å². The van der Waals surface area contributed by atoms with Crippen LogP contribution < -0.4 is 19.9 Å². The number of benzene rings is 7. The molecule has 0 aliphatic heterocycles. The maximum Gasteiger partial charge on any atom is 0.142 e. The average Bonchev–Trinajstić information content (AvgIpc) is 3.26. The van der Waals surface area contributed by atoms with E-state index in [1.54, 1.807) is 0 Å². The molecule has 0 aromatic heterocycles. The minimum atomic E-state index is -0.750. The Hall–Kier alpha value is -6.34. The zero-order valence-electron chi connectivity index (χ0n) is 32.2. The minimum Gasteiger partial charge on any atom is -0.489 e. The molecule has 0 aliphatic carbocycles. The van der Waals surface area contributed by atoms with Crippen molar-refractivity contribution in [3.63, 3.8) is 0 Å². The lowest BCUT2D eigenvalue weighted by atomic mass is 9.88. The van der Waals surface area contributed by atoms with Gasteiger partial charge in [-0.15, -0.1) is 0 Å². The summed E-state index contributed by atoms with van der Waals surface area (Å²) in [4.78, 5) is 2.33. The maximum atomic E-state index is 11.7. The number of anilines is 1. The first-order valence-corrected chi connectivity index (χ1v) is 19.6.